The van der Waals surface area contributed by atoms with Crippen molar-refractivity contribution in [1.29, 1.82) is 0 Å². The molecule has 9 heteroatoms. The summed E-state index contributed by atoms with van der Waals surface area (Å²) in [7, 11) is 1.45. The first kappa shape index (κ1) is 28.2. The normalized spacial score (nSPS) is 10.8. The van der Waals surface area contributed by atoms with E-state index in [2.05, 4.69) is 23.0 Å². The Bertz CT molecular complexity index is 666. The fraction of sp³-hybridized carbons (Fsp3) is 0.545. The zero-order valence-electron chi connectivity index (χ0n) is 18.9. The largest absolute Gasteiger partial charge is 0.382 e. The summed E-state index contributed by atoms with van der Waals surface area (Å²) in [4.78, 5) is 49.6. The number of benzene rings is 1. The SMILES string of the molecule is CCCCONC(C)=O.COCC(NC(=O)CNC(=O)CCc1ccccc1)C(C)=O. The van der Waals surface area contributed by atoms with Gasteiger partial charge in [-0.15, -0.1) is 0 Å². The van der Waals surface area contributed by atoms with Crippen LogP contribution in [0.1, 0.15) is 45.6 Å². The van der Waals surface area contributed by atoms with Crippen LogP contribution in [0.15, 0.2) is 30.3 Å². The van der Waals surface area contributed by atoms with Gasteiger partial charge in [0, 0.05) is 20.5 Å². The fourth-order valence-electron chi connectivity index (χ4n) is 2.21. The molecule has 0 aliphatic carbocycles. The third-order valence-electron chi connectivity index (χ3n) is 3.90. The molecule has 1 aromatic rings. The van der Waals surface area contributed by atoms with Crippen LogP contribution in [0.3, 0.4) is 0 Å². The maximum Gasteiger partial charge on any atom is 0.240 e. The second-order valence-electron chi connectivity index (χ2n) is 6.81. The Hall–Kier alpha value is -2.78. The van der Waals surface area contributed by atoms with Gasteiger partial charge in [0.1, 0.15) is 6.04 Å². The van der Waals surface area contributed by atoms with E-state index in [1.807, 2.05) is 30.3 Å². The molecule has 0 aromatic heterocycles. The number of ketones is 1. The molecular formula is C22H35N3O6. The highest BCUT2D eigenvalue weighted by molar-refractivity contribution is 5.90. The average Bonchev–Trinajstić information content (AvgIpc) is 2.74. The number of Topliss-reactive ketones (excluding diaryl/α,β-unsaturated/α-hetero) is 1. The smallest absolute Gasteiger partial charge is 0.240 e. The molecule has 0 saturated carbocycles. The van der Waals surface area contributed by atoms with Crippen molar-refractivity contribution in [2.24, 2.45) is 0 Å². The molecule has 0 heterocycles. The van der Waals surface area contributed by atoms with Gasteiger partial charge in [0.15, 0.2) is 5.78 Å². The minimum atomic E-state index is -0.682. The van der Waals surface area contributed by atoms with E-state index in [1.54, 1.807) is 0 Å². The first-order chi connectivity index (χ1) is 14.8. The van der Waals surface area contributed by atoms with Gasteiger partial charge >= 0.3 is 0 Å². The van der Waals surface area contributed by atoms with Crippen LogP contribution >= 0.6 is 0 Å². The Labute approximate surface area is 184 Å². The zero-order chi connectivity index (χ0) is 23.5. The standard InChI is InChI=1S/C16H22N2O4.C6H13NO2/c1-12(19)14(11-22-2)18-16(21)10-17-15(20)9-8-13-6-4-3-5-7-13;1-3-4-5-9-7-6(2)8/h3-7,14H,8-11H2,1-2H3,(H,17,20)(H,18,21);3-5H2,1-2H3,(H,7,8). The van der Waals surface area contributed by atoms with Crippen LogP contribution in [-0.2, 0) is 35.2 Å². The highest BCUT2D eigenvalue weighted by Crippen LogP contribution is 2.01. The fourth-order valence-corrected chi connectivity index (χ4v) is 2.21. The molecule has 0 spiro atoms. The number of hydrogen-bond donors (Lipinski definition) is 3. The van der Waals surface area contributed by atoms with Crippen LogP contribution < -0.4 is 16.1 Å². The molecule has 0 aliphatic rings. The predicted molar refractivity (Wildman–Crippen MR) is 117 cm³/mol. The molecule has 1 rings (SSSR count). The number of methoxy groups -OCH3 is 1. The molecule has 0 aliphatic heterocycles. The molecule has 1 atom stereocenters. The Kier molecular flexibility index (Phi) is 16.4. The van der Waals surface area contributed by atoms with Gasteiger partial charge in [0.25, 0.3) is 0 Å². The molecule has 9 nitrogen and oxygen atoms in total. The minimum absolute atomic E-state index is 0.114. The van der Waals surface area contributed by atoms with Crippen LogP contribution in [0, 0.1) is 0 Å². The van der Waals surface area contributed by atoms with Crippen molar-refractivity contribution in [3.8, 4) is 0 Å². The third-order valence-corrected chi connectivity index (χ3v) is 3.90. The van der Waals surface area contributed by atoms with E-state index in [0.717, 1.165) is 18.4 Å². The lowest BCUT2D eigenvalue weighted by molar-refractivity contribution is -0.131. The lowest BCUT2D eigenvalue weighted by atomic mass is 10.1. The van der Waals surface area contributed by atoms with Crippen LogP contribution in [0.25, 0.3) is 0 Å². The Morgan fingerprint density at radius 3 is 2.26 bits per heavy atom. The average molecular weight is 438 g/mol. The van der Waals surface area contributed by atoms with E-state index in [4.69, 9.17) is 9.57 Å². The molecule has 0 radical (unpaired) electrons. The van der Waals surface area contributed by atoms with Crippen molar-refractivity contribution in [1.82, 2.24) is 16.1 Å². The summed E-state index contributed by atoms with van der Waals surface area (Å²) in [5.41, 5.74) is 3.31. The van der Waals surface area contributed by atoms with E-state index in [0.29, 0.717) is 19.4 Å². The first-order valence-corrected chi connectivity index (χ1v) is 10.3. The van der Waals surface area contributed by atoms with Gasteiger partial charge < -0.3 is 15.4 Å². The Morgan fingerprint density at radius 2 is 1.71 bits per heavy atom. The van der Waals surface area contributed by atoms with Gasteiger partial charge in [0.05, 0.1) is 19.8 Å². The number of carbonyl (C=O) groups excluding carboxylic acids is 4. The molecule has 0 saturated heterocycles. The van der Waals surface area contributed by atoms with Crippen molar-refractivity contribution < 1.29 is 28.8 Å². The van der Waals surface area contributed by atoms with Crippen molar-refractivity contribution in [3.05, 3.63) is 35.9 Å². The highest BCUT2D eigenvalue weighted by atomic mass is 16.6. The summed E-state index contributed by atoms with van der Waals surface area (Å²) < 4.78 is 4.86. The molecule has 0 bridgehead atoms. The van der Waals surface area contributed by atoms with Crippen molar-refractivity contribution in [3.63, 3.8) is 0 Å². The maximum absolute atomic E-state index is 11.7. The molecular weight excluding hydrogens is 402 g/mol. The van der Waals surface area contributed by atoms with Gasteiger partial charge in [-0.1, -0.05) is 43.7 Å². The number of unbranched alkanes of at least 4 members (excludes halogenated alkanes) is 1. The highest BCUT2D eigenvalue weighted by Gasteiger charge is 2.16. The summed E-state index contributed by atoms with van der Waals surface area (Å²) in [5, 5.41) is 5.05. The summed E-state index contributed by atoms with van der Waals surface area (Å²) in [6.07, 6.45) is 3.00. The van der Waals surface area contributed by atoms with Crippen molar-refractivity contribution in [2.75, 3.05) is 26.9 Å². The van der Waals surface area contributed by atoms with Crippen molar-refractivity contribution >= 4 is 23.5 Å². The molecule has 0 fully saturated rings. The van der Waals surface area contributed by atoms with Gasteiger partial charge in [-0.2, -0.15) is 0 Å². The summed E-state index contributed by atoms with van der Waals surface area (Å²) in [6, 6.07) is 8.96. The summed E-state index contributed by atoms with van der Waals surface area (Å²) in [6.45, 7) is 5.44. The number of carbonyl (C=O) groups is 4. The van der Waals surface area contributed by atoms with Crippen LogP contribution in [0.4, 0.5) is 0 Å². The first-order valence-electron chi connectivity index (χ1n) is 10.3. The lowest BCUT2D eigenvalue weighted by Gasteiger charge is -2.15. The van der Waals surface area contributed by atoms with E-state index in [9.17, 15) is 19.2 Å². The molecule has 1 unspecified atom stereocenters. The number of nitrogens with one attached hydrogen (secondary N) is 3. The van der Waals surface area contributed by atoms with Gasteiger partial charge in [-0.3, -0.25) is 24.0 Å². The maximum atomic E-state index is 11.7. The van der Waals surface area contributed by atoms with E-state index >= 15 is 0 Å². The number of hydroxylamine groups is 1. The quantitative estimate of drug-likeness (QED) is 0.316. The predicted octanol–water partition coefficient (Wildman–Crippen LogP) is 1.31. The number of amides is 3. The third kappa shape index (κ3) is 16.7. The van der Waals surface area contributed by atoms with Gasteiger partial charge in [0.2, 0.25) is 17.7 Å². The lowest BCUT2D eigenvalue weighted by Crippen LogP contribution is -2.47. The number of rotatable bonds is 13. The van der Waals surface area contributed by atoms with Crippen LogP contribution in [0.5, 0.6) is 0 Å². The van der Waals surface area contributed by atoms with E-state index in [-0.39, 0.29) is 30.7 Å². The monoisotopic (exact) mass is 437 g/mol. The number of ether oxygens (including phenoxy) is 1. The van der Waals surface area contributed by atoms with Gasteiger partial charge in [-0.25, -0.2) is 5.48 Å². The second-order valence-corrected chi connectivity index (χ2v) is 6.81. The summed E-state index contributed by atoms with van der Waals surface area (Å²) in [5.74, 6) is -0.952. The number of hydrogen-bond acceptors (Lipinski definition) is 6. The molecule has 1 aromatic carbocycles. The Morgan fingerprint density at radius 1 is 1.03 bits per heavy atom. The molecule has 3 amide bonds. The van der Waals surface area contributed by atoms with E-state index < -0.39 is 11.9 Å². The van der Waals surface area contributed by atoms with Crippen molar-refractivity contribution in [2.45, 2.75) is 52.5 Å². The minimum Gasteiger partial charge on any atom is -0.382 e. The summed E-state index contributed by atoms with van der Waals surface area (Å²) >= 11 is 0. The molecule has 174 valence electrons. The topological polar surface area (TPSA) is 123 Å². The van der Waals surface area contributed by atoms with Gasteiger partial charge in [-0.05, 0) is 25.3 Å². The second kappa shape index (κ2) is 18.0. The Balaban J connectivity index is 0.000000842. The molecule has 3 N–H and O–H groups in total. The molecule has 31 heavy (non-hydrogen) atoms. The van der Waals surface area contributed by atoms with E-state index in [1.165, 1.54) is 21.0 Å². The van der Waals surface area contributed by atoms with Crippen LogP contribution in [-0.4, -0.2) is 56.4 Å². The van der Waals surface area contributed by atoms with Crippen LogP contribution in [0.2, 0.25) is 0 Å². The zero-order valence-corrected chi connectivity index (χ0v) is 18.9. The number of aryl methyl sites for hydroxylation is 1.